The molecule has 0 amide bonds. The lowest BCUT2D eigenvalue weighted by Gasteiger charge is -2.36. The van der Waals surface area contributed by atoms with Crippen LogP contribution in [0.3, 0.4) is 0 Å². The van der Waals surface area contributed by atoms with E-state index in [1.807, 2.05) is 0 Å². The lowest BCUT2D eigenvalue weighted by atomic mass is 9.93. The first-order valence-electron chi connectivity index (χ1n) is 6.55. The summed E-state index contributed by atoms with van der Waals surface area (Å²) in [5, 5.41) is -0.171. The molecule has 1 aliphatic rings. The lowest BCUT2D eigenvalue weighted by Crippen LogP contribution is -2.43. The summed E-state index contributed by atoms with van der Waals surface area (Å²) in [6.45, 7) is 3.86. The van der Waals surface area contributed by atoms with E-state index in [1.165, 1.54) is 6.26 Å². The highest BCUT2D eigenvalue weighted by molar-refractivity contribution is 7.91. The van der Waals surface area contributed by atoms with Crippen molar-refractivity contribution < 1.29 is 8.42 Å². The van der Waals surface area contributed by atoms with Crippen LogP contribution in [0.1, 0.15) is 39.0 Å². The fraction of sp³-hybridized carbons (Fsp3) is 0.917. The van der Waals surface area contributed by atoms with Gasteiger partial charge in [-0.1, -0.05) is 25.6 Å². The molecule has 0 heterocycles. The van der Waals surface area contributed by atoms with Crippen molar-refractivity contribution in [2.75, 3.05) is 19.3 Å². The van der Waals surface area contributed by atoms with Gasteiger partial charge >= 0.3 is 0 Å². The Labute approximate surface area is 116 Å². The summed E-state index contributed by atoms with van der Waals surface area (Å²) in [5.74, 6) is 0. The first kappa shape index (κ1) is 15.9. The first-order valence-corrected chi connectivity index (χ1v) is 8.92. The summed E-state index contributed by atoms with van der Waals surface area (Å²) in [4.78, 5) is 2.85. The number of hydrogen-bond donors (Lipinski definition) is 1. The molecule has 1 aliphatic carbocycles. The van der Waals surface area contributed by atoms with E-state index in [4.69, 9.17) is 18.0 Å². The van der Waals surface area contributed by atoms with E-state index in [1.54, 1.807) is 0 Å². The molecular weight excluding hydrogens is 268 g/mol. The molecule has 6 heteroatoms. The van der Waals surface area contributed by atoms with Gasteiger partial charge < -0.3 is 10.6 Å². The van der Waals surface area contributed by atoms with Crippen molar-refractivity contribution in [2.24, 2.45) is 5.73 Å². The van der Waals surface area contributed by atoms with Crippen molar-refractivity contribution >= 4 is 27.0 Å². The lowest BCUT2D eigenvalue weighted by molar-refractivity contribution is 0.169. The Morgan fingerprint density at radius 1 is 1.44 bits per heavy atom. The Bertz CT molecular complexity index is 382. The van der Waals surface area contributed by atoms with Gasteiger partial charge in [0.05, 0.1) is 10.2 Å². The molecule has 1 saturated carbocycles. The normalized spacial score (nSPS) is 25.3. The predicted molar refractivity (Wildman–Crippen MR) is 79.5 cm³/mol. The number of hydrogen-bond acceptors (Lipinski definition) is 4. The summed E-state index contributed by atoms with van der Waals surface area (Å²) >= 11 is 4.90. The average molecular weight is 292 g/mol. The zero-order chi connectivity index (χ0) is 13.8. The van der Waals surface area contributed by atoms with Crippen LogP contribution in [-0.2, 0) is 9.84 Å². The molecule has 1 rings (SSSR count). The van der Waals surface area contributed by atoms with Crippen molar-refractivity contribution in [1.82, 2.24) is 4.90 Å². The molecular formula is C12H24N2O2S2. The zero-order valence-electron chi connectivity index (χ0n) is 11.3. The summed E-state index contributed by atoms with van der Waals surface area (Å²) in [6, 6.07) is 0.359. The number of thiocarbonyl (C=S) groups is 1. The number of nitrogens with two attached hydrogens (primary N) is 1. The van der Waals surface area contributed by atoms with Crippen LogP contribution >= 0.6 is 12.2 Å². The molecule has 0 aromatic carbocycles. The van der Waals surface area contributed by atoms with E-state index in [0.29, 0.717) is 17.5 Å². The molecule has 2 atom stereocenters. The fourth-order valence-electron chi connectivity index (χ4n) is 2.69. The van der Waals surface area contributed by atoms with Crippen LogP contribution in [0.5, 0.6) is 0 Å². The van der Waals surface area contributed by atoms with E-state index in [0.717, 1.165) is 38.8 Å². The number of rotatable bonds is 6. The van der Waals surface area contributed by atoms with Crippen molar-refractivity contribution in [3.8, 4) is 0 Å². The van der Waals surface area contributed by atoms with Crippen LogP contribution in [0.15, 0.2) is 0 Å². The fourth-order valence-corrected chi connectivity index (χ4v) is 3.95. The van der Waals surface area contributed by atoms with Gasteiger partial charge in [0.2, 0.25) is 0 Å². The second kappa shape index (κ2) is 6.82. The standard InChI is InChI=1S/C12H24N2O2S2/c1-3-14(8-7-12(13)17)10-5-4-6-11(9-10)18(2,15)16/h10-11H,3-9H2,1-2H3,(H2,13,17). The Kier molecular flexibility index (Phi) is 6.01. The molecule has 4 nitrogen and oxygen atoms in total. The number of nitrogens with zero attached hydrogens (tertiary/aromatic N) is 1. The van der Waals surface area contributed by atoms with Gasteiger partial charge in [0, 0.05) is 25.3 Å². The second-order valence-corrected chi connectivity index (χ2v) is 7.97. The van der Waals surface area contributed by atoms with Gasteiger partial charge in [-0.2, -0.15) is 0 Å². The van der Waals surface area contributed by atoms with Crippen molar-refractivity contribution in [1.29, 1.82) is 0 Å². The van der Waals surface area contributed by atoms with Gasteiger partial charge in [-0.25, -0.2) is 8.42 Å². The Morgan fingerprint density at radius 2 is 2.11 bits per heavy atom. The maximum Gasteiger partial charge on any atom is 0.150 e. The van der Waals surface area contributed by atoms with Crippen molar-refractivity contribution in [3.63, 3.8) is 0 Å². The van der Waals surface area contributed by atoms with Gasteiger partial charge in [0.25, 0.3) is 0 Å². The smallest absolute Gasteiger partial charge is 0.150 e. The van der Waals surface area contributed by atoms with Crippen molar-refractivity contribution in [2.45, 2.75) is 50.3 Å². The largest absolute Gasteiger partial charge is 0.393 e. The van der Waals surface area contributed by atoms with E-state index >= 15 is 0 Å². The third kappa shape index (κ3) is 4.82. The molecule has 0 aliphatic heterocycles. The van der Waals surface area contributed by atoms with E-state index in [2.05, 4.69) is 11.8 Å². The molecule has 0 saturated heterocycles. The molecule has 0 radical (unpaired) electrons. The molecule has 0 aromatic rings. The molecule has 1 fully saturated rings. The van der Waals surface area contributed by atoms with Crippen LogP contribution in [0.25, 0.3) is 0 Å². The Balaban J connectivity index is 2.60. The third-order valence-electron chi connectivity index (χ3n) is 3.77. The monoisotopic (exact) mass is 292 g/mol. The van der Waals surface area contributed by atoms with Crippen LogP contribution in [0.4, 0.5) is 0 Å². The van der Waals surface area contributed by atoms with Crippen molar-refractivity contribution in [3.05, 3.63) is 0 Å². The second-order valence-electron chi connectivity index (χ2n) is 5.12. The summed E-state index contributed by atoms with van der Waals surface area (Å²) in [7, 11) is -2.91. The van der Waals surface area contributed by atoms with Gasteiger partial charge in [0.15, 0.2) is 0 Å². The van der Waals surface area contributed by atoms with Gasteiger partial charge in [0.1, 0.15) is 9.84 Å². The van der Waals surface area contributed by atoms with Crippen LogP contribution in [0.2, 0.25) is 0 Å². The molecule has 106 valence electrons. The Hall–Kier alpha value is -0.200. The number of sulfone groups is 1. The third-order valence-corrected chi connectivity index (χ3v) is 5.62. The molecule has 0 spiro atoms. The van der Waals surface area contributed by atoms with E-state index in [-0.39, 0.29) is 5.25 Å². The van der Waals surface area contributed by atoms with E-state index < -0.39 is 9.84 Å². The summed E-state index contributed by atoms with van der Waals surface area (Å²) < 4.78 is 23.3. The van der Waals surface area contributed by atoms with Crippen LogP contribution < -0.4 is 5.73 Å². The highest BCUT2D eigenvalue weighted by atomic mass is 32.2. The minimum absolute atomic E-state index is 0.171. The average Bonchev–Trinajstić information content (AvgIpc) is 2.29. The highest BCUT2D eigenvalue weighted by Crippen LogP contribution is 2.27. The first-order chi connectivity index (χ1) is 8.34. The quantitative estimate of drug-likeness (QED) is 0.749. The van der Waals surface area contributed by atoms with Gasteiger partial charge in [-0.3, -0.25) is 0 Å². The Morgan fingerprint density at radius 3 is 2.61 bits per heavy atom. The van der Waals surface area contributed by atoms with E-state index in [9.17, 15) is 8.42 Å². The summed E-state index contributed by atoms with van der Waals surface area (Å²) in [6.07, 6.45) is 5.70. The maximum absolute atomic E-state index is 11.6. The topological polar surface area (TPSA) is 63.4 Å². The van der Waals surface area contributed by atoms with Gasteiger partial charge in [-0.15, -0.1) is 0 Å². The minimum Gasteiger partial charge on any atom is -0.393 e. The molecule has 2 N–H and O–H groups in total. The summed E-state index contributed by atoms with van der Waals surface area (Å²) in [5.41, 5.74) is 5.53. The maximum atomic E-state index is 11.6. The molecule has 0 bridgehead atoms. The molecule has 0 aromatic heterocycles. The molecule has 18 heavy (non-hydrogen) atoms. The predicted octanol–water partition coefficient (Wildman–Crippen LogP) is 1.34. The zero-order valence-corrected chi connectivity index (χ0v) is 12.9. The van der Waals surface area contributed by atoms with Gasteiger partial charge in [-0.05, 0) is 25.8 Å². The molecule has 2 unspecified atom stereocenters. The van der Waals surface area contributed by atoms with Crippen LogP contribution in [0, 0.1) is 0 Å². The van der Waals surface area contributed by atoms with Crippen LogP contribution in [-0.4, -0.2) is 48.9 Å². The minimum atomic E-state index is -2.91. The highest BCUT2D eigenvalue weighted by Gasteiger charge is 2.31. The SMILES string of the molecule is CCN(CCC(N)=S)C1CCCC(S(C)(=O)=O)C1.